The Balaban J connectivity index is 4.54. The van der Waals surface area contributed by atoms with Gasteiger partial charge >= 0.3 is 12.0 Å². The van der Waals surface area contributed by atoms with E-state index in [0.717, 1.165) is 13.0 Å². The van der Waals surface area contributed by atoms with Gasteiger partial charge in [0.25, 0.3) is 0 Å². The van der Waals surface area contributed by atoms with Crippen LogP contribution in [0.1, 0.15) is 20.3 Å². The summed E-state index contributed by atoms with van der Waals surface area (Å²) >= 11 is 0. The topological polar surface area (TPSA) is 64.1 Å². The molecule has 0 bridgehead atoms. The number of likely N-dealkylation sites (N-methyl/N-ethyl adjacent to an activating group) is 2. The molecule has 0 atom stereocenters. The van der Waals surface area contributed by atoms with Gasteiger partial charge in [-0.05, 0) is 27.4 Å². The van der Waals surface area contributed by atoms with E-state index in [0.29, 0.717) is 19.6 Å². The van der Waals surface area contributed by atoms with Crippen LogP contribution >= 0.6 is 0 Å². The summed E-state index contributed by atoms with van der Waals surface area (Å²) in [5.41, 5.74) is 0. The van der Waals surface area contributed by atoms with Crippen LogP contribution in [-0.4, -0.2) is 78.6 Å². The second-order valence-corrected chi connectivity index (χ2v) is 4.48. The summed E-state index contributed by atoms with van der Waals surface area (Å²) in [7, 11) is 3.90. The minimum Gasteiger partial charge on any atom is -0.480 e. The molecule has 0 saturated heterocycles. The molecule has 0 aromatic heterocycles. The maximum absolute atomic E-state index is 12.2. The summed E-state index contributed by atoms with van der Waals surface area (Å²) in [6.07, 6.45) is 0.865. The Morgan fingerprint density at radius 3 is 2.00 bits per heavy atom. The van der Waals surface area contributed by atoms with E-state index in [1.807, 2.05) is 25.9 Å². The Kier molecular flexibility index (Phi) is 8.11. The number of nitrogens with zero attached hydrogens (tertiary/aromatic N) is 3. The number of aliphatic carboxylic acids is 1. The summed E-state index contributed by atoms with van der Waals surface area (Å²) in [6.45, 7) is 6.01. The lowest BCUT2D eigenvalue weighted by Crippen LogP contribution is -2.47. The van der Waals surface area contributed by atoms with Gasteiger partial charge in [0.05, 0.1) is 0 Å². The third kappa shape index (κ3) is 6.44. The number of carboxylic acids is 1. The largest absolute Gasteiger partial charge is 0.480 e. The van der Waals surface area contributed by atoms with Crippen LogP contribution in [0.2, 0.25) is 0 Å². The third-order valence-corrected chi connectivity index (χ3v) is 2.56. The highest BCUT2D eigenvalue weighted by Crippen LogP contribution is 2.01. The molecule has 0 aromatic rings. The van der Waals surface area contributed by atoms with E-state index >= 15 is 0 Å². The number of carbonyl (C=O) groups is 2. The summed E-state index contributed by atoms with van der Waals surface area (Å²) in [6, 6.07) is -0.191. The average molecular weight is 259 g/mol. The molecule has 0 spiro atoms. The summed E-state index contributed by atoms with van der Waals surface area (Å²) in [5.74, 6) is -0.978. The molecule has 106 valence electrons. The van der Waals surface area contributed by atoms with E-state index < -0.39 is 5.97 Å². The van der Waals surface area contributed by atoms with Crippen molar-refractivity contribution in [3.05, 3.63) is 0 Å². The lowest BCUT2D eigenvalue weighted by atomic mass is 10.4. The molecule has 6 nitrogen and oxygen atoms in total. The van der Waals surface area contributed by atoms with Gasteiger partial charge in [-0.1, -0.05) is 6.92 Å². The second kappa shape index (κ2) is 8.74. The molecule has 0 saturated carbocycles. The molecule has 0 aliphatic heterocycles. The number of rotatable bonds is 8. The van der Waals surface area contributed by atoms with Gasteiger partial charge in [0.2, 0.25) is 0 Å². The molecule has 6 heteroatoms. The zero-order valence-corrected chi connectivity index (χ0v) is 11.8. The third-order valence-electron chi connectivity index (χ3n) is 2.56. The van der Waals surface area contributed by atoms with Gasteiger partial charge in [0.15, 0.2) is 0 Å². The van der Waals surface area contributed by atoms with Crippen molar-refractivity contribution in [2.75, 3.05) is 46.8 Å². The quantitative estimate of drug-likeness (QED) is 0.700. The molecule has 0 heterocycles. The van der Waals surface area contributed by atoms with Gasteiger partial charge in [-0.15, -0.1) is 0 Å². The van der Waals surface area contributed by atoms with Crippen molar-refractivity contribution in [1.29, 1.82) is 0 Å². The highest BCUT2D eigenvalue weighted by Gasteiger charge is 2.20. The van der Waals surface area contributed by atoms with Crippen LogP contribution < -0.4 is 0 Å². The van der Waals surface area contributed by atoms with Crippen LogP contribution in [-0.2, 0) is 4.79 Å². The normalized spacial score (nSPS) is 10.5. The molecule has 1 N–H and O–H groups in total. The first-order valence-electron chi connectivity index (χ1n) is 6.32. The zero-order chi connectivity index (χ0) is 14.1. The summed E-state index contributed by atoms with van der Waals surface area (Å²) in [5, 5.41) is 8.77. The van der Waals surface area contributed by atoms with Crippen molar-refractivity contribution >= 4 is 12.0 Å². The molecule has 0 rings (SSSR count). The van der Waals surface area contributed by atoms with Crippen molar-refractivity contribution in [1.82, 2.24) is 14.7 Å². The molecule has 0 aliphatic carbocycles. The van der Waals surface area contributed by atoms with Crippen molar-refractivity contribution in [3.8, 4) is 0 Å². The molecule has 0 fully saturated rings. The Hall–Kier alpha value is -1.30. The Bertz CT molecular complexity index is 269. The first kappa shape index (κ1) is 16.7. The Morgan fingerprint density at radius 1 is 1.00 bits per heavy atom. The summed E-state index contributed by atoms with van der Waals surface area (Å²) in [4.78, 5) is 28.0. The summed E-state index contributed by atoms with van der Waals surface area (Å²) < 4.78 is 0. The molecule has 2 amide bonds. The fourth-order valence-corrected chi connectivity index (χ4v) is 1.57. The lowest BCUT2D eigenvalue weighted by Gasteiger charge is -2.29. The molecule has 0 radical (unpaired) electrons. The van der Waals surface area contributed by atoms with Gasteiger partial charge < -0.3 is 19.8 Å². The smallest absolute Gasteiger partial charge is 0.323 e. The van der Waals surface area contributed by atoms with E-state index in [4.69, 9.17) is 5.11 Å². The maximum atomic E-state index is 12.2. The van der Waals surface area contributed by atoms with Crippen molar-refractivity contribution in [2.45, 2.75) is 20.3 Å². The van der Waals surface area contributed by atoms with E-state index in [1.54, 1.807) is 11.8 Å². The van der Waals surface area contributed by atoms with E-state index in [1.165, 1.54) is 4.90 Å². The minimum absolute atomic E-state index is 0.191. The van der Waals surface area contributed by atoms with Gasteiger partial charge in [0, 0.05) is 26.2 Å². The van der Waals surface area contributed by atoms with Crippen LogP contribution in [0.4, 0.5) is 4.79 Å². The van der Waals surface area contributed by atoms with Gasteiger partial charge in [0.1, 0.15) is 6.54 Å². The van der Waals surface area contributed by atoms with Crippen molar-refractivity contribution in [3.63, 3.8) is 0 Å². The van der Waals surface area contributed by atoms with Crippen LogP contribution in [0.25, 0.3) is 0 Å². The number of urea groups is 1. The number of hydrogen-bond acceptors (Lipinski definition) is 3. The fourth-order valence-electron chi connectivity index (χ4n) is 1.57. The SMILES string of the molecule is CCCN(CCN(C)C)C(=O)N(CC)CC(=O)O. The van der Waals surface area contributed by atoms with Crippen LogP contribution in [0, 0.1) is 0 Å². The monoisotopic (exact) mass is 259 g/mol. The van der Waals surface area contributed by atoms with E-state index in [-0.39, 0.29) is 12.6 Å². The first-order valence-corrected chi connectivity index (χ1v) is 6.32. The number of carbonyl (C=O) groups excluding carboxylic acids is 1. The lowest BCUT2D eigenvalue weighted by molar-refractivity contribution is -0.137. The second-order valence-electron chi connectivity index (χ2n) is 4.48. The average Bonchev–Trinajstić information content (AvgIpc) is 2.30. The zero-order valence-electron chi connectivity index (χ0n) is 11.8. The van der Waals surface area contributed by atoms with Crippen LogP contribution in [0.5, 0.6) is 0 Å². The molecule has 0 unspecified atom stereocenters. The first-order chi connectivity index (χ1) is 8.42. The maximum Gasteiger partial charge on any atom is 0.323 e. The fraction of sp³-hybridized carbons (Fsp3) is 0.833. The molecular formula is C12H25N3O3. The van der Waals surface area contributed by atoms with Crippen molar-refractivity contribution < 1.29 is 14.7 Å². The number of carboxylic acid groups (broad SMARTS) is 1. The molecule has 0 aliphatic rings. The molecular weight excluding hydrogens is 234 g/mol. The van der Waals surface area contributed by atoms with Crippen molar-refractivity contribution in [2.24, 2.45) is 0 Å². The highest BCUT2D eigenvalue weighted by atomic mass is 16.4. The molecule has 0 aromatic carbocycles. The van der Waals surface area contributed by atoms with Crippen LogP contribution in [0.3, 0.4) is 0 Å². The predicted octanol–water partition coefficient (Wildman–Crippen LogP) is 0.787. The van der Waals surface area contributed by atoms with Gasteiger partial charge in [-0.3, -0.25) is 4.79 Å². The Labute approximate surface area is 109 Å². The number of amides is 2. The van der Waals surface area contributed by atoms with Crippen LogP contribution in [0.15, 0.2) is 0 Å². The minimum atomic E-state index is -0.978. The predicted molar refractivity (Wildman–Crippen MR) is 70.7 cm³/mol. The van der Waals surface area contributed by atoms with Gasteiger partial charge in [-0.2, -0.15) is 0 Å². The number of hydrogen-bond donors (Lipinski definition) is 1. The van der Waals surface area contributed by atoms with Gasteiger partial charge in [-0.25, -0.2) is 4.79 Å². The van der Waals surface area contributed by atoms with E-state index in [9.17, 15) is 9.59 Å². The molecule has 18 heavy (non-hydrogen) atoms. The Morgan fingerprint density at radius 2 is 1.61 bits per heavy atom. The standard InChI is InChI=1S/C12H25N3O3/c1-5-7-15(9-8-13(3)4)12(18)14(6-2)10-11(16)17/h5-10H2,1-4H3,(H,16,17). The van der Waals surface area contributed by atoms with E-state index in [2.05, 4.69) is 0 Å². The highest BCUT2D eigenvalue weighted by molar-refractivity contribution is 5.80.